The van der Waals surface area contributed by atoms with Crippen molar-refractivity contribution in [1.82, 2.24) is 5.32 Å². The van der Waals surface area contributed by atoms with Gasteiger partial charge >= 0.3 is 0 Å². The maximum Gasteiger partial charge on any atom is 0.0685 e. The van der Waals surface area contributed by atoms with E-state index < -0.39 is 0 Å². The van der Waals surface area contributed by atoms with Crippen LogP contribution in [0.4, 0.5) is 0 Å². The fraction of sp³-hybridized carbons (Fsp3) is 0.250. The highest BCUT2D eigenvalue weighted by molar-refractivity contribution is 5.38. The molecular weight excluding hydrogens is 206 g/mol. The second-order valence-electron chi connectivity index (χ2n) is 4.24. The molecule has 0 radical (unpaired) electrons. The van der Waals surface area contributed by atoms with E-state index in [1.165, 1.54) is 11.1 Å². The van der Waals surface area contributed by atoms with Gasteiger partial charge in [-0.25, -0.2) is 0 Å². The van der Waals surface area contributed by atoms with Crippen molar-refractivity contribution in [3.05, 3.63) is 71.8 Å². The summed E-state index contributed by atoms with van der Waals surface area (Å²) in [6, 6.07) is 21.3. The lowest BCUT2D eigenvalue weighted by molar-refractivity contribution is 0.423. The topological polar surface area (TPSA) is 12.0 Å². The highest BCUT2D eigenvalue weighted by Gasteiger charge is 2.29. The Morgan fingerprint density at radius 3 is 1.53 bits per heavy atom. The molecular formula is C16H19N. The van der Waals surface area contributed by atoms with Crippen LogP contribution in [0.3, 0.4) is 0 Å². The van der Waals surface area contributed by atoms with Crippen molar-refractivity contribution in [3.63, 3.8) is 0 Å². The summed E-state index contributed by atoms with van der Waals surface area (Å²) in [5, 5.41) is 3.50. The van der Waals surface area contributed by atoms with Gasteiger partial charge in [-0.05, 0) is 24.6 Å². The summed E-state index contributed by atoms with van der Waals surface area (Å²) < 4.78 is 0. The van der Waals surface area contributed by atoms with Crippen LogP contribution in [0.2, 0.25) is 0 Å². The Kier molecular flexibility index (Phi) is 3.60. The van der Waals surface area contributed by atoms with Crippen LogP contribution in [-0.2, 0) is 5.54 Å². The third kappa shape index (κ3) is 2.11. The summed E-state index contributed by atoms with van der Waals surface area (Å²) in [6.45, 7) is 2.22. The van der Waals surface area contributed by atoms with Crippen LogP contribution in [0.15, 0.2) is 60.7 Å². The normalized spacial score (nSPS) is 11.4. The molecule has 2 aromatic carbocycles. The van der Waals surface area contributed by atoms with Crippen LogP contribution in [-0.4, -0.2) is 7.05 Å². The smallest absolute Gasteiger partial charge is 0.0685 e. The Morgan fingerprint density at radius 2 is 1.24 bits per heavy atom. The van der Waals surface area contributed by atoms with Gasteiger partial charge in [-0.3, -0.25) is 0 Å². The zero-order chi connectivity index (χ0) is 12.1. The average Bonchev–Trinajstić information content (AvgIpc) is 2.43. The lowest BCUT2D eigenvalue weighted by Crippen LogP contribution is -2.40. The van der Waals surface area contributed by atoms with Gasteiger partial charge in [-0.15, -0.1) is 0 Å². The maximum absolute atomic E-state index is 3.50. The second-order valence-corrected chi connectivity index (χ2v) is 4.24. The van der Waals surface area contributed by atoms with E-state index in [0.717, 1.165) is 6.42 Å². The Morgan fingerprint density at radius 1 is 0.824 bits per heavy atom. The molecule has 1 N–H and O–H groups in total. The van der Waals surface area contributed by atoms with Crippen molar-refractivity contribution in [2.45, 2.75) is 18.9 Å². The first-order valence-electron chi connectivity index (χ1n) is 6.13. The molecule has 0 aliphatic rings. The summed E-state index contributed by atoms with van der Waals surface area (Å²) in [5.41, 5.74) is 2.55. The third-order valence-corrected chi connectivity index (χ3v) is 3.49. The predicted molar refractivity (Wildman–Crippen MR) is 73.0 cm³/mol. The molecule has 0 saturated heterocycles. The molecule has 0 aliphatic heterocycles. The Hall–Kier alpha value is -1.60. The van der Waals surface area contributed by atoms with Crippen LogP contribution < -0.4 is 5.32 Å². The molecule has 0 fully saturated rings. The SMILES string of the molecule is CCC(NC)(c1ccccc1)c1ccccc1. The molecule has 0 heterocycles. The molecule has 1 nitrogen and oxygen atoms in total. The van der Waals surface area contributed by atoms with Crippen molar-refractivity contribution in [2.24, 2.45) is 0 Å². The molecule has 1 heteroatoms. The first-order valence-corrected chi connectivity index (χ1v) is 6.13. The molecule has 0 aliphatic carbocycles. The minimum atomic E-state index is -0.0808. The summed E-state index contributed by atoms with van der Waals surface area (Å²) >= 11 is 0. The van der Waals surface area contributed by atoms with Crippen LogP contribution in [0, 0.1) is 0 Å². The molecule has 0 atom stereocenters. The standard InChI is InChI=1S/C16H19N/c1-3-16(17-2,14-10-6-4-7-11-14)15-12-8-5-9-13-15/h4-13,17H,3H2,1-2H3. The van der Waals surface area contributed by atoms with Gasteiger partial charge in [-0.1, -0.05) is 67.6 Å². The number of rotatable bonds is 4. The van der Waals surface area contributed by atoms with Crippen LogP contribution >= 0.6 is 0 Å². The number of benzene rings is 2. The lowest BCUT2D eigenvalue weighted by atomic mass is 9.81. The molecule has 0 unspecified atom stereocenters. The van der Waals surface area contributed by atoms with Crippen LogP contribution in [0.25, 0.3) is 0 Å². The van der Waals surface area contributed by atoms with Gasteiger partial charge in [0.25, 0.3) is 0 Å². The second kappa shape index (κ2) is 5.15. The van der Waals surface area contributed by atoms with Gasteiger partial charge in [0.2, 0.25) is 0 Å². The zero-order valence-electron chi connectivity index (χ0n) is 10.5. The van der Waals surface area contributed by atoms with Crippen molar-refractivity contribution in [1.29, 1.82) is 0 Å². The fourth-order valence-corrected chi connectivity index (χ4v) is 2.49. The quantitative estimate of drug-likeness (QED) is 0.839. The third-order valence-electron chi connectivity index (χ3n) is 3.49. The lowest BCUT2D eigenvalue weighted by Gasteiger charge is -2.34. The van der Waals surface area contributed by atoms with E-state index in [-0.39, 0.29) is 5.54 Å². The van der Waals surface area contributed by atoms with Gasteiger partial charge in [-0.2, -0.15) is 0 Å². The molecule has 2 rings (SSSR count). The summed E-state index contributed by atoms with van der Waals surface area (Å²) in [5.74, 6) is 0. The molecule has 0 aromatic heterocycles. The number of hydrogen-bond acceptors (Lipinski definition) is 1. The monoisotopic (exact) mass is 225 g/mol. The van der Waals surface area contributed by atoms with Crippen molar-refractivity contribution in [2.75, 3.05) is 7.05 Å². The zero-order valence-corrected chi connectivity index (χ0v) is 10.5. The largest absolute Gasteiger partial charge is 0.307 e. The van der Waals surface area contributed by atoms with Gasteiger partial charge in [0, 0.05) is 0 Å². The average molecular weight is 225 g/mol. The van der Waals surface area contributed by atoms with Crippen molar-refractivity contribution >= 4 is 0 Å². The van der Waals surface area contributed by atoms with E-state index in [4.69, 9.17) is 0 Å². The molecule has 17 heavy (non-hydrogen) atoms. The van der Waals surface area contributed by atoms with Crippen molar-refractivity contribution < 1.29 is 0 Å². The van der Waals surface area contributed by atoms with Gasteiger partial charge in [0.15, 0.2) is 0 Å². The highest BCUT2D eigenvalue weighted by Crippen LogP contribution is 2.32. The summed E-state index contributed by atoms with van der Waals surface area (Å²) in [7, 11) is 2.03. The van der Waals surface area contributed by atoms with Gasteiger partial charge in [0.1, 0.15) is 0 Å². The van der Waals surface area contributed by atoms with E-state index in [0.29, 0.717) is 0 Å². The first kappa shape index (κ1) is 11.9. The number of hydrogen-bond donors (Lipinski definition) is 1. The van der Waals surface area contributed by atoms with E-state index in [1.54, 1.807) is 0 Å². The molecule has 0 bridgehead atoms. The molecule has 0 saturated carbocycles. The van der Waals surface area contributed by atoms with E-state index in [2.05, 4.69) is 72.9 Å². The molecule has 0 amide bonds. The van der Waals surface area contributed by atoms with E-state index >= 15 is 0 Å². The van der Waals surface area contributed by atoms with E-state index in [1.807, 2.05) is 7.05 Å². The van der Waals surface area contributed by atoms with E-state index in [9.17, 15) is 0 Å². The highest BCUT2D eigenvalue weighted by atomic mass is 14.9. The molecule has 0 spiro atoms. The Labute approximate surface area is 103 Å². The number of nitrogens with one attached hydrogen (secondary N) is 1. The molecule has 2 aromatic rings. The fourth-order valence-electron chi connectivity index (χ4n) is 2.49. The summed E-state index contributed by atoms with van der Waals surface area (Å²) in [4.78, 5) is 0. The minimum Gasteiger partial charge on any atom is -0.307 e. The van der Waals surface area contributed by atoms with Gasteiger partial charge in [0.05, 0.1) is 5.54 Å². The Bertz CT molecular complexity index is 402. The minimum absolute atomic E-state index is 0.0808. The van der Waals surface area contributed by atoms with Crippen LogP contribution in [0.1, 0.15) is 24.5 Å². The first-order chi connectivity index (χ1) is 8.33. The maximum atomic E-state index is 3.50. The molecule has 88 valence electrons. The summed E-state index contributed by atoms with van der Waals surface area (Å²) in [6.07, 6.45) is 1.03. The Balaban J connectivity index is 2.54. The van der Waals surface area contributed by atoms with Crippen molar-refractivity contribution in [3.8, 4) is 0 Å². The van der Waals surface area contributed by atoms with Gasteiger partial charge < -0.3 is 5.32 Å². The predicted octanol–water partition coefficient (Wildman–Crippen LogP) is 3.56. The van der Waals surface area contributed by atoms with Crippen LogP contribution in [0.5, 0.6) is 0 Å².